The van der Waals surface area contributed by atoms with E-state index in [1.165, 1.54) is 0 Å². The van der Waals surface area contributed by atoms with E-state index in [2.05, 4.69) is 15.5 Å². The average molecular weight is 349 g/mol. The molecule has 1 atom stereocenters. The summed E-state index contributed by atoms with van der Waals surface area (Å²) in [6.07, 6.45) is 0.632. The molecule has 8 nitrogen and oxygen atoms in total. The van der Waals surface area contributed by atoms with Gasteiger partial charge in [0.2, 0.25) is 17.6 Å². The molecule has 0 aliphatic heterocycles. The number of carbonyl (C=O) groups is 1. The molecule has 2 aromatic rings. The van der Waals surface area contributed by atoms with Crippen molar-refractivity contribution in [3.8, 4) is 22.9 Å². The molecule has 0 aliphatic rings. The van der Waals surface area contributed by atoms with Crippen LogP contribution in [0.4, 0.5) is 0 Å². The minimum Gasteiger partial charge on any atom is -0.493 e. The first kappa shape index (κ1) is 18.7. The van der Waals surface area contributed by atoms with Crippen molar-refractivity contribution in [3.63, 3.8) is 0 Å². The molecule has 0 unspecified atom stereocenters. The van der Waals surface area contributed by atoms with Crippen LogP contribution >= 0.6 is 0 Å². The molecule has 1 aromatic heterocycles. The second-order valence-corrected chi connectivity index (χ2v) is 5.51. The molecule has 136 valence electrons. The number of hydrogen-bond donors (Lipinski definition) is 1. The number of aromatic nitrogens is 2. The summed E-state index contributed by atoms with van der Waals surface area (Å²) in [5.41, 5.74) is 0.741. The fourth-order valence-corrected chi connectivity index (χ4v) is 2.31. The highest BCUT2D eigenvalue weighted by atomic mass is 16.5. The van der Waals surface area contributed by atoms with Gasteiger partial charge in [-0.3, -0.25) is 4.79 Å². The van der Waals surface area contributed by atoms with E-state index in [0.717, 1.165) is 5.56 Å². The maximum atomic E-state index is 11.8. The molecule has 1 aromatic carbocycles. The van der Waals surface area contributed by atoms with Crippen LogP contribution in [0.5, 0.6) is 11.5 Å². The topological polar surface area (TPSA) is 95.7 Å². The monoisotopic (exact) mass is 349 g/mol. The maximum absolute atomic E-state index is 11.8. The van der Waals surface area contributed by atoms with Crippen LogP contribution in [0.25, 0.3) is 11.4 Å². The number of nitrogens with one attached hydrogen (secondary N) is 1. The molecule has 0 fully saturated rings. The molecule has 1 N–H and O–H groups in total. The third-order valence-electron chi connectivity index (χ3n) is 3.50. The summed E-state index contributed by atoms with van der Waals surface area (Å²) in [6.45, 7) is 2.35. The van der Waals surface area contributed by atoms with Crippen molar-refractivity contribution in [2.75, 3.05) is 27.9 Å². The lowest BCUT2D eigenvalue weighted by Crippen LogP contribution is -2.35. The maximum Gasteiger partial charge on any atom is 0.227 e. The van der Waals surface area contributed by atoms with E-state index in [1.54, 1.807) is 33.5 Å². The number of nitrogens with zero attached hydrogens (tertiary/aromatic N) is 2. The number of hydrogen-bond acceptors (Lipinski definition) is 7. The van der Waals surface area contributed by atoms with Crippen LogP contribution in [0.15, 0.2) is 22.7 Å². The molecule has 1 amide bonds. The molecular formula is C17H23N3O5. The smallest absolute Gasteiger partial charge is 0.227 e. The molecule has 0 bridgehead atoms. The summed E-state index contributed by atoms with van der Waals surface area (Å²) in [5.74, 6) is 1.95. The molecule has 0 aliphatic carbocycles. The van der Waals surface area contributed by atoms with Crippen molar-refractivity contribution in [2.24, 2.45) is 0 Å². The summed E-state index contributed by atoms with van der Waals surface area (Å²) in [6, 6.07) is 5.32. The standard InChI is InChI=1S/C17H23N3O5/c1-11(10-22-2)18-15(21)7-8-16-19-17(20-25-16)12-5-6-13(23-3)14(9-12)24-4/h5-6,9,11H,7-8,10H2,1-4H3,(H,18,21)/t11-/m1/s1. The normalized spacial score (nSPS) is 11.8. The van der Waals surface area contributed by atoms with Gasteiger partial charge in [0.15, 0.2) is 11.5 Å². The van der Waals surface area contributed by atoms with Crippen molar-refractivity contribution in [1.82, 2.24) is 15.5 Å². The largest absolute Gasteiger partial charge is 0.493 e. The van der Waals surface area contributed by atoms with E-state index >= 15 is 0 Å². The van der Waals surface area contributed by atoms with Gasteiger partial charge in [0.25, 0.3) is 0 Å². The summed E-state index contributed by atoms with van der Waals surface area (Å²) >= 11 is 0. The number of ether oxygens (including phenoxy) is 3. The molecular weight excluding hydrogens is 326 g/mol. The number of carbonyl (C=O) groups excluding carboxylic acids is 1. The number of methoxy groups -OCH3 is 3. The molecule has 8 heteroatoms. The van der Waals surface area contributed by atoms with E-state index in [4.69, 9.17) is 18.7 Å². The number of benzene rings is 1. The minimum absolute atomic E-state index is 0.0393. The number of rotatable bonds is 9. The Morgan fingerprint density at radius 1 is 1.24 bits per heavy atom. The SMILES string of the molecule is COC[C@@H](C)NC(=O)CCc1nc(-c2ccc(OC)c(OC)c2)no1. The Morgan fingerprint density at radius 3 is 2.68 bits per heavy atom. The minimum atomic E-state index is -0.0876. The van der Waals surface area contributed by atoms with Gasteiger partial charge in [-0.25, -0.2) is 0 Å². The van der Waals surface area contributed by atoms with Crippen LogP contribution < -0.4 is 14.8 Å². The highest BCUT2D eigenvalue weighted by Gasteiger charge is 2.14. The predicted octanol–water partition coefficient (Wildman–Crippen LogP) is 1.84. The Labute approximate surface area is 146 Å². The molecule has 1 heterocycles. The molecule has 0 saturated heterocycles. The lowest BCUT2D eigenvalue weighted by Gasteiger charge is -2.11. The first-order chi connectivity index (χ1) is 12.1. The summed E-state index contributed by atoms with van der Waals surface area (Å²) in [4.78, 5) is 16.2. The van der Waals surface area contributed by atoms with Crippen LogP contribution in [-0.4, -0.2) is 50.0 Å². The zero-order valence-corrected chi connectivity index (χ0v) is 14.9. The molecule has 0 spiro atoms. The van der Waals surface area contributed by atoms with Gasteiger partial charge in [0.05, 0.1) is 20.8 Å². The first-order valence-corrected chi connectivity index (χ1v) is 7.90. The third kappa shape index (κ3) is 5.18. The fourth-order valence-electron chi connectivity index (χ4n) is 2.31. The quantitative estimate of drug-likeness (QED) is 0.738. The zero-order chi connectivity index (χ0) is 18.2. The van der Waals surface area contributed by atoms with E-state index in [9.17, 15) is 4.79 Å². The highest BCUT2D eigenvalue weighted by Crippen LogP contribution is 2.31. The summed E-state index contributed by atoms with van der Waals surface area (Å²) < 4.78 is 20.7. The van der Waals surface area contributed by atoms with E-state index in [-0.39, 0.29) is 18.4 Å². The molecule has 2 rings (SSSR count). The second kappa shape index (κ2) is 9.03. The van der Waals surface area contributed by atoms with Crippen LogP contribution in [0, 0.1) is 0 Å². The van der Waals surface area contributed by atoms with Crippen molar-refractivity contribution in [1.29, 1.82) is 0 Å². The third-order valence-corrected chi connectivity index (χ3v) is 3.50. The van der Waals surface area contributed by atoms with Crippen LogP contribution in [-0.2, 0) is 16.0 Å². The fraction of sp³-hybridized carbons (Fsp3) is 0.471. The van der Waals surface area contributed by atoms with Crippen molar-refractivity contribution < 1.29 is 23.5 Å². The van der Waals surface area contributed by atoms with Gasteiger partial charge in [0, 0.05) is 31.6 Å². The summed E-state index contributed by atoms with van der Waals surface area (Å²) in [7, 11) is 4.73. The Morgan fingerprint density at radius 2 is 2.00 bits per heavy atom. The van der Waals surface area contributed by atoms with Gasteiger partial charge in [0.1, 0.15) is 0 Å². The zero-order valence-electron chi connectivity index (χ0n) is 14.9. The van der Waals surface area contributed by atoms with Gasteiger partial charge < -0.3 is 24.1 Å². The number of amides is 1. The Kier molecular flexibility index (Phi) is 6.76. The highest BCUT2D eigenvalue weighted by molar-refractivity contribution is 5.76. The van der Waals surface area contributed by atoms with Crippen LogP contribution in [0.2, 0.25) is 0 Å². The van der Waals surface area contributed by atoms with Gasteiger partial charge >= 0.3 is 0 Å². The van der Waals surface area contributed by atoms with Gasteiger partial charge in [-0.15, -0.1) is 0 Å². The van der Waals surface area contributed by atoms with Crippen LogP contribution in [0.3, 0.4) is 0 Å². The Hall–Kier alpha value is -2.61. The Balaban J connectivity index is 1.97. The lowest BCUT2D eigenvalue weighted by atomic mass is 10.2. The predicted molar refractivity (Wildman–Crippen MR) is 90.6 cm³/mol. The summed E-state index contributed by atoms with van der Waals surface area (Å²) in [5, 5.41) is 6.78. The van der Waals surface area contributed by atoms with Crippen LogP contribution in [0.1, 0.15) is 19.2 Å². The van der Waals surface area contributed by atoms with E-state index < -0.39 is 0 Å². The van der Waals surface area contributed by atoms with Gasteiger partial charge in [-0.1, -0.05) is 5.16 Å². The average Bonchev–Trinajstić information content (AvgIpc) is 3.08. The second-order valence-electron chi connectivity index (χ2n) is 5.51. The molecule has 0 radical (unpaired) electrons. The van der Waals surface area contributed by atoms with Gasteiger partial charge in [-0.2, -0.15) is 4.98 Å². The van der Waals surface area contributed by atoms with Crippen molar-refractivity contribution in [2.45, 2.75) is 25.8 Å². The van der Waals surface area contributed by atoms with E-state index in [0.29, 0.717) is 36.2 Å². The van der Waals surface area contributed by atoms with E-state index in [1.807, 2.05) is 13.0 Å². The first-order valence-electron chi connectivity index (χ1n) is 7.90. The van der Waals surface area contributed by atoms with Crippen molar-refractivity contribution >= 4 is 5.91 Å². The molecule has 25 heavy (non-hydrogen) atoms. The molecule has 0 saturated carbocycles. The number of aryl methyl sites for hydroxylation is 1. The lowest BCUT2D eigenvalue weighted by molar-refractivity contribution is -0.122. The van der Waals surface area contributed by atoms with Crippen molar-refractivity contribution in [3.05, 3.63) is 24.1 Å². The Bertz CT molecular complexity index is 701. The van der Waals surface area contributed by atoms with Gasteiger partial charge in [-0.05, 0) is 25.1 Å².